The predicted octanol–water partition coefficient (Wildman–Crippen LogP) is 2.34. The average Bonchev–Trinajstić information content (AvgIpc) is 3.42. The Bertz CT molecular complexity index is 1140. The number of aryl methyl sites for hydroxylation is 2. The first-order valence-electron chi connectivity index (χ1n) is 10.6. The molecule has 2 aromatic rings. The zero-order valence-electron chi connectivity index (χ0n) is 17.9. The fourth-order valence-corrected chi connectivity index (χ4v) is 7.75. The number of hydrogen-bond donors (Lipinski definition) is 1. The summed E-state index contributed by atoms with van der Waals surface area (Å²) in [4.78, 5) is 31.5. The van der Waals surface area contributed by atoms with Gasteiger partial charge in [0.1, 0.15) is 0 Å². The summed E-state index contributed by atoms with van der Waals surface area (Å²) < 4.78 is 28.1. The van der Waals surface area contributed by atoms with Gasteiger partial charge in [0.2, 0.25) is 21.8 Å². The third kappa shape index (κ3) is 4.85. The summed E-state index contributed by atoms with van der Waals surface area (Å²) in [6.45, 7) is 3.57. The Hall–Kier alpha value is -1.95. The first-order chi connectivity index (χ1) is 15.3. The van der Waals surface area contributed by atoms with Gasteiger partial charge >= 0.3 is 0 Å². The normalized spacial score (nSPS) is 16.8. The van der Waals surface area contributed by atoms with Crippen molar-refractivity contribution in [1.82, 2.24) is 9.29 Å². The Balaban J connectivity index is 1.47. The van der Waals surface area contributed by atoms with Crippen LogP contribution in [0.2, 0.25) is 0 Å². The highest BCUT2D eigenvalue weighted by molar-refractivity contribution is 8.01. The van der Waals surface area contributed by atoms with Crippen molar-refractivity contribution in [1.29, 1.82) is 0 Å². The minimum Gasteiger partial charge on any atom is -0.369 e. The fourth-order valence-electron chi connectivity index (χ4n) is 4.06. The van der Waals surface area contributed by atoms with Crippen molar-refractivity contribution < 1.29 is 18.0 Å². The lowest BCUT2D eigenvalue weighted by atomic mass is 10.0. The van der Waals surface area contributed by atoms with E-state index in [1.807, 2.05) is 6.92 Å². The second-order valence-electron chi connectivity index (χ2n) is 7.97. The molecule has 1 aromatic carbocycles. The number of nitrogens with two attached hydrogens (primary N) is 1. The molecule has 1 fully saturated rings. The summed E-state index contributed by atoms with van der Waals surface area (Å²) in [5.74, 6) is -0.230. The number of fused-ring (bicyclic) bond motifs is 1. The Labute approximate surface area is 196 Å². The molecule has 3 heterocycles. The lowest BCUT2D eigenvalue weighted by Crippen LogP contribution is -2.37. The van der Waals surface area contributed by atoms with Crippen LogP contribution >= 0.6 is 23.1 Å². The molecule has 172 valence electrons. The summed E-state index contributed by atoms with van der Waals surface area (Å²) >= 11 is 2.73. The van der Waals surface area contributed by atoms with Gasteiger partial charge in [-0.05, 0) is 56.4 Å². The third-order valence-electron chi connectivity index (χ3n) is 5.70. The molecule has 1 saturated heterocycles. The van der Waals surface area contributed by atoms with Crippen molar-refractivity contribution >= 4 is 50.6 Å². The Kier molecular flexibility index (Phi) is 6.89. The van der Waals surface area contributed by atoms with Crippen LogP contribution in [0.15, 0.2) is 27.4 Å². The molecule has 0 bridgehead atoms. The summed E-state index contributed by atoms with van der Waals surface area (Å²) in [6, 6.07) is 5.11. The van der Waals surface area contributed by atoms with Crippen LogP contribution in [0.25, 0.3) is 0 Å². The Morgan fingerprint density at radius 1 is 1.19 bits per heavy atom. The predicted molar refractivity (Wildman–Crippen MR) is 126 cm³/mol. The largest absolute Gasteiger partial charge is 0.369 e. The molecule has 11 heteroatoms. The van der Waals surface area contributed by atoms with Crippen molar-refractivity contribution in [3.05, 3.63) is 34.3 Å². The van der Waals surface area contributed by atoms with E-state index in [-0.39, 0.29) is 18.1 Å². The molecule has 2 amide bonds. The molecule has 0 saturated carbocycles. The van der Waals surface area contributed by atoms with Gasteiger partial charge in [0.05, 0.1) is 22.8 Å². The number of carbonyl (C=O) groups is 2. The maximum Gasteiger partial charge on any atom is 0.243 e. The van der Waals surface area contributed by atoms with E-state index >= 15 is 0 Å². The molecule has 2 aliphatic heterocycles. The minimum absolute atomic E-state index is 0.0459. The number of anilines is 1. The maximum absolute atomic E-state index is 13.0. The number of thiazole rings is 1. The van der Waals surface area contributed by atoms with Crippen molar-refractivity contribution in [2.45, 2.75) is 48.3 Å². The monoisotopic (exact) mass is 494 g/mol. The van der Waals surface area contributed by atoms with E-state index < -0.39 is 15.9 Å². The van der Waals surface area contributed by atoms with Crippen LogP contribution in [0, 0.1) is 6.92 Å². The van der Waals surface area contributed by atoms with Gasteiger partial charge in [-0.1, -0.05) is 11.8 Å². The molecular weight excluding hydrogens is 468 g/mol. The van der Waals surface area contributed by atoms with Crippen molar-refractivity contribution in [3.63, 3.8) is 0 Å². The number of aromatic nitrogens is 1. The standard InChI is InChI=1S/C21H26N4O4S3/c1-14-18(12-19(22)26)31-21(23-14)30-13-20(27)25-10-4-5-15-11-16(6-7-17(15)25)32(28,29)24-8-2-3-9-24/h6-7,11H,2-5,8-10,12-13H2,1H3,(H2,22,26). The summed E-state index contributed by atoms with van der Waals surface area (Å²) in [6.07, 6.45) is 3.48. The number of nitrogens with zero attached hydrogens (tertiary/aromatic N) is 3. The zero-order chi connectivity index (χ0) is 22.9. The smallest absolute Gasteiger partial charge is 0.243 e. The molecule has 2 N–H and O–H groups in total. The summed E-state index contributed by atoms with van der Waals surface area (Å²) in [7, 11) is -3.48. The second-order valence-corrected chi connectivity index (χ2v) is 12.2. The van der Waals surface area contributed by atoms with Crippen LogP contribution in [-0.2, 0) is 32.5 Å². The number of carbonyl (C=O) groups excluding carboxylic acids is 2. The van der Waals surface area contributed by atoms with E-state index in [4.69, 9.17) is 5.73 Å². The van der Waals surface area contributed by atoms with Crippen molar-refractivity contribution in [3.8, 4) is 0 Å². The molecule has 0 atom stereocenters. The van der Waals surface area contributed by atoms with E-state index in [0.717, 1.165) is 51.8 Å². The quantitative estimate of drug-likeness (QED) is 0.591. The molecule has 0 unspecified atom stereocenters. The van der Waals surface area contributed by atoms with Gasteiger partial charge in [-0.2, -0.15) is 4.31 Å². The van der Waals surface area contributed by atoms with Crippen LogP contribution in [0.5, 0.6) is 0 Å². The van der Waals surface area contributed by atoms with Gasteiger partial charge in [-0.25, -0.2) is 13.4 Å². The first kappa shape index (κ1) is 23.2. The average molecular weight is 495 g/mol. The molecule has 8 nitrogen and oxygen atoms in total. The number of amides is 2. The van der Waals surface area contributed by atoms with Gasteiger partial charge in [0, 0.05) is 30.2 Å². The topological polar surface area (TPSA) is 114 Å². The van der Waals surface area contributed by atoms with Gasteiger partial charge in [0.25, 0.3) is 0 Å². The first-order valence-corrected chi connectivity index (χ1v) is 13.8. The highest BCUT2D eigenvalue weighted by atomic mass is 32.2. The maximum atomic E-state index is 13.0. The molecule has 4 rings (SSSR count). The SMILES string of the molecule is Cc1nc(SCC(=O)N2CCCc3cc(S(=O)(=O)N4CCCC4)ccc32)sc1CC(N)=O. The highest BCUT2D eigenvalue weighted by Crippen LogP contribution is 2.33. The molecular formula is C21H26N4O4S3. The molecule has 0 radical (unpaired) electrons. The van der Waals surface area contributed by atoms with E-state index in [1.54, 1.807) is 27.4 Å². The van der Waals surface area contributed by atoms with Crippen molar-refractivity contribution in [2.24, 2.45) is 5.73 Å². The van der Waals surface area contributed by atoms with Crippen LogP contribution in [0.1, 0.15) is 35.4 Å². The van der Waals surface area contributed by atoms with E-state index in [9.17, 15) is 18.0 Å². The van der Waals surface area contributed by atoms with Gasteiger partial charge < -0.3 is 10.6 Å². The number of sulfonamides is 1. The van der Waals surface area contributed by atoms with E-state index in [0.29, 0.717) is 24.5 Å². The van der Waals surface area contributed by atoms with E-state index in [2.05, 4.69) is 4.98 Å². The Morgan fingerprint density at radius 3 is 2.66 bits per heavy atom. The lowest BCUT2D eigenvalue weighted by molar-refractivity contribution is -0.117. The fraction of sp³-hybridized carbons (Fsp3) is 0.476. The van der Waals surface area contributed by atoms with Crippen LogP contribution < -0.4 is 10.6 Å². The third-order valence-corrected chi connectivity index (χ3v) is 9.88. The minimum atomic E-state index is -3.48. The van der Waals surface area contributed by atoms with Crippen LogP contribution in [0.3, 0.4) is 0 Å². The zero-order valence-corrected chi connectivity index (χ0v) is 20.3. The number of hydrogen-bond acceptors (Lipinski definition) is 7. The molecule has 32 heavy (non-hydrogen) atoms. The molecule has 0 aliphatic carbocycles. The number of benzene rings is 1. The Morgan fingerprint density at radius 2 is 1.94 bits per heavy atom. The lowest BCUT2D eigenvalue weighted by Gasteiger charge is -2.30. The van der Waals surface area contributed by atoms with Gasteiger partial charge in [0.15, 0.2) is 4.34 Å². The van der Waals surface area contributed by atoms with Gasteiger partial charge in [-0.3, -0.25) is 9.59 Å². The molecule has 0 spiro atoms. The molecule has 1 aromatic heterocycles. The number of rotatable bonds is 7. The van der Waals surface area contributed by atoms with Gasteiger partial charge in [-0.15, -0.1) is 11.3 Å². The van der Waals surface area contributed by atoms with Crippen LogP contribution in [0.4, 0.5) is 5.69 Å². The van der Waals surface area contributed by atoms with Crippen molar-refractivity contribution in [2.75, 3.05) is 30.3 Å². The van der Waals surface area contributed by atoms with E-state index in [1.165, 1.54) is 23.1 Å². The summed E-state index contributed by atoms with van der Waals surface area (Å²) in [5.41, 5.74) is 7.71. The number of thioether (sulfide) groups is 1. The molecule has 2 aliphatic rings. The number of primary amides is 1. The second kappa shape index (κ2) is 9.50. The highest BCUT2D eigenvalue weighted by Gasteiger charge is 2.29. The van der Waals surface area contributed by atoms with Crippen LogP contribution in [-0.4, -0.2) is 54.9 Å². The summed E-state index contributed by atoms with van der Waals surface area (Å²) in [5, 5.41) is 0.